The molecule has 2 N–H and O–H groups in total. The molecule has 0 aliphatic carbocycles. The molecule has 0 fully saturated rings. The first kappa shape index (κ1) is 15.6. The van der Waals surface area contributed by atoms with Crippen LogP contribution < -0.4 is 5.14 Å². The van der Waals surface area contributed by atoms with Crippen LogP contribution in [0.3, 0.4) is 0 Å². The summed E-state index contributed by atoms with van der Waals surface area (Å²) in [6.07, 6.45) is 1.58. The number of hydrogen-bond donors (Lipinski definition) is 1. The second-order valence-corrected chi connectivity index (χ2v) is 7.38. The molecule has 2 aromatic heterocycles. The van der Waals surface area contributed by atoms with Gasteiger partial charge in [0.15, 0.2) is 6.61 Å². The van der Waals surface area contributed by atoms with Crippen molar-refractivity contribution in [1.82, 2.24) is 14.6 Å². The zero-order valence-corrected chi connectivity index (χ0v) is 13.7. The van der Waals surface area contributed by atoms with Crippen LogP contribution in [0.1, 0.15) is 18.2 Å². The number of hydrogen-bond acceptors (Lipinski definition) is 7. The van der Waals surface area contributed by atoms with E-state index in [-0.39, 0.29) is 10.9 Å². The van der Waals surface area contributed by atoms with E-state index in [1.54, 1.807) is 6.20 Å². The summed E-state index contributed by atoms with van der Waals surface area (Å²) in [6.45, 7) is 2.01. The van der Waals surface area contributed by atoms with E-state index < -0.39 is 10.0 Å². The third-order valence-corrected chi connectivity index (χ3v) is 5.16. The molecule has 120 valence electrons. The van der Waals surface area contributed by atoms with Crippen LogP contribution in [0.4, 0.5) is 0 Å². The van der Waals surface area contributed by atoms with Gasteiger partial charge in [0.05, 0.1) is 11.9 Å². The predicted molar refractivity (Wildman–Crippen MR) is 85.7 cm³/mol. The molecular formula is C13H13N5O3S2. The fourth-order valence-electron chi connectivity index (χ4n) is 1.84. The van der Waals surface area contributed by atoms with Crippen molar-refractivity contribution < 1.29 is 13.3 Å². The van der Waals surface area contributed by atoms with Crippen molar-refractivity contribution in [2.75, 3.05) is 0 Å². The van der Waals surface area contributed by atoms with E-state index in [1.807, 2.05) is 37.3 Å². The van der Waals surface area contributed by atoms with Crippen LogP contribution in [0.25, 0.3) is 4.96 Å². The molecule has 0 saturated carbocycles. The number of sulfonamides is 1. The van der Waals surface area contributed by atoms with Gasteiger partial charge in [0.1, 0.15) is 5.69 Å². The molecule has 8 nitrogen and oxygen atoms in total. The molecule has 0 amide bonds. The first-order valence-corrected chi connectivity index (χ1v) is 8.89. The van der Waals surface area contributed by atoms with Gasteiger partial charge in [0.2, 0.25) is 9.30 Å². The molecule has 23 heavy (non-hydrogen) atoms. The highest BCUT2D eigenvalue weighted by Crippen LogP contribution is 2.18. The maximum Gasteiger partial charge on any atom is 0.267 e. The number of rotatable bonds is 5. The summed E-state index contributed by atoms with van der Waals surface area (Å²) in [5.74, 6) is 0. The van der Waals surface area contributed by atoms with Crippen LogP contribution in [-0.2, 0) is 21.5 Å². The van der Waals surface area contributed by atoms with E-state index in [1.165, 1.54) is 4.52 Å². The van der Waals surface area contributed by atoms with Gasteiger partial charge >= 0.3 is 0 Å². The van der Waals surface area contributed by atoms with Crippen LogP contribution in [0.2, 0.25) is 0 Å². The maximum atomic E-state index is 11.2. The Hall–Kier alpha value is -2.30. The molecule has 10 heteroatoms. The van der Waals surface area contributed by atoms with Crippen LogP contribution in [0, 0.1) is 0 Å². The van der Waals surface area contributed by atoms with Crippen molar-refractivity contribution in [2.24, 2.45) is 10.3 Å². The number of aromatic nitrogens is 3. The average Bonchev–Trinajstić information content (AvgIpc) is 3.06. The van der Waals surface area contributed by atoms with Crippen molar-refractivity contribution in [1.29, 1.82) is 0 Å². The number of fused-ring (bicyclic) bond motifs is 1. The Morgan fingerprint density at radius 2 is 2.13 bits per heavy atom. The molecule has 0 spiro atoms. The van der Waals surface area contributed by atoms with Crippen molar-refractivity contribution in [3.63, 3.8) is 0 Å². The summed E-state index contributed by atoms with van der Waals surface area (Å²) in [5, 5.41) is 12.9. The van der Waals surface area contributed by atoms with E-state index in [4.69, 9.17) is 9.98 Å². The van der Waals surface area contributed by atoms with Gasteiger partial charge in [-0.25, -0.2) is 23.1 Å². The topological polar surface area (TPSA) is 112 Å². The Morgan fingerprint density at radius 3 is 2.78 bits per heavy atom. The molecule has 2 heterocycles. The normalized spacial score (nSPS) is 12.7. The van der Waals surface area contributed by atoms with Gasteiger partial charge in [-0.15, -0.1) is 5.10 Å². The van der Waals surface area contributed by atoms with E-state index >= 15 is 0 Å². The maximum absolute atomic E-state index is 11.2. The Balaban J connectivity index is 1.69. The van der Waals surface area contributed by atoms with Gasteiger partial charge < -0.3 is 4.84 Å². The molecule has 1 aromatic carbocycles. The number of nitrogens with two attached hydrogens (primary N) is 1. The molecule has 0 unspecified atom stereocenters. The van der Waals surface area contributed by atoms with E-state index in [9.17, 15) is 8.42 Å². The van der Waals surface area contributed by atoms with Crippen molar-refractivity contribution in [3.05, 3.63) is 47.8 Å². The second kappa shape index (κ2) is 6.07. The first-order chi connectivity index (χ1) is 10.9. The molecule has 0 saturated heterocycles. The highest BCUT2D eigenvalue weighted by molar-refractivity contribution is 7.91. The van der Waals surface area contributed by atoms with E-state index in [0.717, 1.165) is 22.6 Å². The zero-order chi connectivity index (χ0) is 16.4. The molecule has 0 aliphatic heterocycles. The highest BCUT2D eigenvalue weighted by atomic mass is 32.2. The second-order valence-electron chi connectivity index (χ2n) is 4.69. The van der Waals surface area contributed by atoms with Crippen molar-refractivity contribution in [3.8, 4) is 0 Å². The number of oxime groups is 1. The lowest BCUT2D eigenvalue weighted by atomic mass is 10.1. The van der Waals surface area contributed by atoms with Crippen LogP contribution in [0.15, 0.2) is 46.0 Å². The quantitative estimate of drug-likeness (QED) is 0.551. The van der Waals surface area contributed by atoms with Gasteiger partial charge in [0.25, 0.3) is 10.0 Å². The standard InChI is InChI=1S/C13H13N5O3S2/c1-9(10-5-3-2-4-6-10)17-21-8-11-7-18-12(15-11)22-13(16-18)23(14,19)20/h2-7H,8H2,1H3,(H2,14,19,20)/b17-9+. The minimum absolute atomic E-state index is 0.158. The molecule has 0 radical (unpaired) electrons. The number of benzene rings is 1. The van der Waals surface area contributed by atoms with Gasteiger partial charge in [-0.05, 0) is 12.5 Å². The summed E-state index contributed by atoms with van der Waals surface area (Å²) in [7, 11) is -3.81. The predicted octanol–water partition coefficient (Wildman–Crippen LogP) is 1.38. The minimum Gasteiger partial charge on any atom is -0.389 e. The Morgan fingerprint density at radius 1 is 1.39 bits per heavy atom. The summed E-state index contributed by atoms with van der Waals surface area (Å²) in [4.78, 5) is 9.93. The Labute approximate surface area is 136 Å². The minimum atomic E-state index is -3.81. The van der Waals surface area contributed by atoms with E-state index in [2.05, 4.69) is 15.2 Å². The van der Waals surface area contributed by atoms with Crippen LogP contribution >= 0.6 is 11.3 Å². The fraction of sp³-hybridized carbons (Fsp3) is 0.154. The summed E-state index contributed by atoms with van der Waals surface area (Å²) < 4.78 is 23.6. The molecule has 0 aliphatic rings. The van der Waals surface area contributed by atoms with Crippen molar-refractivity contribution in [2.45, 2.75) is 17.9 Å². The average molecular weight is 351 g/mol. The zero-order valence-electron chi connectivity index (χ0n) is 12.1. The van der Waals surface area contributed by atoms with Crippen molar-refractivity contribution >= 4 is 32.0 Å². The lowest BCUT2D eigenvalue weighted by molar-refractivity contribution is 0.128. The largest absolute Gasteiger partial charge is 0.389 e. The summed E-state index contributed by atoms with van der Waals surface area (Å²) in [6, 6.07) is 9.65. The van der Waals surface area contributed by atoms with Gasteiger partial charge in [-0.2, -0.15) is 0 Å². The van der Waals surface area contributed by atoms with Gasteiger partial charge in [-0.3, -0.25) is 0 Å². The Kier molecular flexibility index (Phi) is 4.11. The monoisotopic (exact) mass is 351 g/mol. The first-order valence-electron chi connectivity index (χ1n) is 6.53. The SMILES string of the molecule is C/C(=N\OCc1cn2nc(S(N)(=O)=O)sc2n1)c1ccccc1. The molecule has 0 atom stereocenters. The molecule has 3 aromatic rings. The number of imidazole rings is 1. The third-order valence-electron chi connectivity index (χ3n) is 2.92. The third kappa shape index (κ3) is 3.55. The number of nitrogens with zero attached hydrogens (tertiary/aromatic N) is 4. The highest BCUT2D eigenvalue weighted by Gasteiger charge is 2.16. The lowest BCUT2D eigenvalue weighted by Gasteiger charge is -2.00. The molecule has 3 rings (SSSR count). The Bertz CT molecular complexity index is 929. The summed E-state index contributed by atoms with van der Waals surface area (Å²) >= 11 is 0.898. The smallest absolute Gasteiger partial charge is 0.267 e. The summed E-state index contributed by atoms with van der Waals surface area (Å²) in [5.41, 5.74) is 2.31. The lowest BCUT2D eigenvalue weighted by Crippen LogP contribution is -2.12. The number of primary sulfonamides is 1. The molecule has 0 bridgehead atoms. The van der Waals surface area contributed by atoms with E-state index in [0.29, 0.717) is 10.7 Å². The van der Waals surface area contributed by atoms with Crippen LogP contribution in [0.5, 0.6) is 0 Å². The van der Waals surface area contributed by atoms with Crippen LogP contribution in [-0.4, -0.2) is 28.7 Å². The molecular weight excluding hydrogens is 338 g/mol. The van der Waals surface area contributed by atoms with Gasteiger partial charge in [0, 0.05) is 0 Å². The fourth-order valence-corrected chi connectivity index (χ4v) is 3.36. The van der Waals surface area contributed by atoms with Gasteiger partial charge in [-0.1, -0.05) is 46.8 Å².